The third-order valence-corrected chi connectivity index (χ3v) is 12.8. The van der Waals surface area contributed by atoms with Crippen LogP contribution in [-0.2, 0) is 67.2 Å². The molecule has 24 nitrogen and oxygen atoms in total. The first-order valence-corrected chi connectivity index (χ1v) is 27.0. The number of carboxylic acid groups (broad SMARTS) is 2. The average Bonchev–Trinajstić information content (AvgIpc) is 3.86. The highest BCUT2D eigenvalue weighted by atomic mass is 32.2. The van der Waals surface area contributed by atoms with Crippen LogP contribution in [0.25, 0.3) is 0 Å². The lowest BCUT2D eigenvalue weighted by molar-refractivity contribution is -0.145. The van der Waals surface area contributed by atoms with E-state index < -0.39 is 81.1 Å². The van der Waals surface area contributed by atoms with Gasteiger partial charge in [-0.2, -0.15) is 5.11 Å². The normalized spacial score (nSPS) is 13.0. The van der Waals surface area contributed by atoms with Crippen molar-refractivity contribution >= 4 is 74.2 Å². The molecule has 1 aliphatic heterocycles. The zero-order valence-electron chi connectivity index (χ0n) is 43.5. The molecule has 0 bridgehead atoms. The molecule has 420 valence electrons. The standard InChI is InChI=1S/C28H42N4O12S.C22H35N3O5/c1-19(33)17-44-13-3-7-22(34)10-11-25(28(40)41)30-26(37)12-9-20(27(38)39)15-23(35)8-4-14-45(42,43)18-24(36)6-2-5-21-16-29-32-31-21;1-3-4-13-29-14-15-30-16-20(26)25-19(21(23)27)7-5-6-12-24-22(28)18-10-8-17(2)9-11-18/h20,25H,2-18H2,1H3,(H,30,37)(H,38,39)(H,40,41);8-11,19H,3-7,12-16H2,1-2H3,(H2,23,27)(H,24,28)(H,25,26)/t20-,25+;19-/m10/s1. The summed E-state index contributed by atoms with van der Waals surface area (Å²) < 4.78 is 40.2. The lowest BCUT2D eigenvalue weighted by Gasteiger charge is -2.16. The number of Topliss-reactive ketones (excluding diaryl/α,β-unsaturated/α-hetero) is 4. The summed E-state index contributed by atoms with van der Waals surface area (Å²) in [7, 11) is -3.76. The van der Waals surface area contributed by atoms with Crippen molar-refractivity contribution in [3.63, 3.8) is 0 Å². The van der Waals surface area contributed by atoms with Crippen LogP contribution in [0.1, 0.15) is 139 Å². The number of unbranched alkanes of at least 4 members (excludes halogenated alkanes) is 2. The molecule has 1 aromatic carbocycles. The highest BCUT2D eigenvalue weighted by Crippen LogP contribution is 2.16. The van der Waals surface area contributed by atoms with Gasteiger partial charge in [0.2, 0.25) is 17.7 Å². The van der Waals surface area contributed by atoms with E-state index in [9.17, 15) is 66.6 Å². The van der Waals surface area contributed by atoms with Gasteiger partial charge in [-0.05, 0) is 95.4 Å². The lowest BCUT2D eigenvalue weighted by Crippen LogP contribution is -2.45. The summed E-state index contributed by atoms with van der Waals surface area (Å²) in [5.74, 6) is -8.27. The minimum atomic E-state index is -3.76. The number of ketones is 4. The molecule has 1 aromatic rings. The molecular weight excluding hydrogens is 1000 g/mol. The van der Waals surface area contributed by atoms with Gasteiger partial charge in [-0.15, -0.1) is 5.10 Å². The molecule has 0 aromatic heterocycles. The van der Waals surface area contributed by atoms with E-state index in [-0.39, 0.29) is 94.6 Å². The molecule has 0 fully saturated rings. The molecular formula is C50H77N7O17S. The Morgan fingerprint density at radius 2 is 1.35 bits per heavy atom. The van der Waals surface area contributed by atoms with E-state index in [1.165, 1.54) is 6.92 Å². The Bertz CT molecular complexity index is 2190. The summed E-state index contributed by atoms with van der Waals surface area (Å²) in [6.45, 7) is 7.69. The van der Waals surface area contributed by atoms with Gasteiger partial charge in [-0.1, -0.05) is 31.0 Å². The molecule has 7 N–H and O–H groups in total. The van der Waals surface area contributed by atoms with Crippen molar-refractivity contribution in [3.8, 4) is 0 Å². The quantitative estimate of drug-likeness (QED) is 0.0511. The number of hydrogen-bond donors (Lipinski definition) is 6. The van der Waals surface area contributed by atoms with Crippen LogP contribution in [0.5, 0.6) is 0 Å². The number of aliphatic carboxylic acids is 2. The van der Waals surface area contributed by atoms with Crippen LogP contribution in [0.3, 0.4) is 0 Å². The average molecular weight is 1080 g/mol. The number of sulfone groups is 1. The molecule has 0 radical (unpaired) electrons. The number of nitrogens with zero attached hydrogens (tertiary/aromatic N) is 3. The summed E-state index contributed by atoms with van der Waals surface area (Å²) in [5.41, 5.74) is 7.80. The number of carbonyl (C=O) groups is 10. The first kappa shape index (κ1) is 66.8. The summed E-state index contributed by atoms with van der Waals surface area (Å²) in [6, 6.07) is 5.21. The zero-order chi connectivity index (χ0) is 56.0. The van der Waals surface area contributed by atoms with Crippen molar-refractivity contribution in [1.29, 1.82) is 0 Å². The monoisotopic (exact) mass is 1080 g/mol. The van der Waals surface area contributed by atoms with E-state index in [2.05, 4.69) is 38.3 Å². The van der Waals surface area contributed by atoms with E-state index in [1.807, 2.05) is 19.1 Å². The van der Waals surface area contributed by atoms with Gasteiger partial charge in [0.15, 0.2) is 15.6 Å². The number of benzene rings is 1. The van der Waals surface area contributed by atoms with Gasteiger partial charge < -0.3 is 46.1 Å². The number of nitrogens with two attached hydrogens (primary N) is 1. The highest BCUT2D eigenvalue weighted by Gasteiger charge is 2.26. The lowest BCUT2D eigenvalue weighted by atomic mass is 9.95. The molecule has 3 atom stereocenters. The Kier molecular flexibility index (Phi) is 35.0. The van der Waals surface area contributed by atoms with Crippen LogP contribution in [-0.4, -0.2) is 159 Å². The molecule has 0 saturated heterocycles. The molecule has 0 aliphatic carbocycles. The largest absolute Gasteiger partial charge is 0.481 e. The first-order valence-electron chi connectivity index (χ1n) is 25.2. The fraction of sp³-hybridized carbons (Fsp3) is 0.660. The van der Waals surface area contributed by atoms with Gasteiger partial charge in [0.25, 0.3) is 5.91 Å². The van der Waals surface area contributed by atoms with E-state index >= 15 is 0 Å². The number of amides is 4. The number of carbonyl (C=O) groups excluding carboxylic acids is 8. The summed E-state index contributed by atoms with van der Waals surface area (Å²) in [6.07, 6.45) is 3.49. The van der Waals surface area contributed by atoms with Crippen molar-refractivity contribution in [3.05, 3.63) is 35.4 Å². The van der Waals surface area contributed by atoms with Crippen LogP contribution in [0.4, 0.5) is 0 Å². The smallest absolute Gasteiger partial charge is 0.326 e. The van der Waals surface area contributed by atoms with Crippen molar-refractivity contribution in [2.45, 2.75) is 142 Å². The van der Waals surface area contributed by atoms with Crippen LogP contribution in [0, 0.1) is 12.8 Å². The Morgan fingerprint density at radius 3 is 1.99 bits per heavy atom. The first-order chi connectivity index (χ1) is 35.6. The number of rotatable bonds is 43. The molecule has 2 rings (SSSR count). The highest BCUT2D eigenvalue weighted by molar-refractivity contribution is 7.92. The predicted molar refractivity (Wildman–Crippen MR) is 273 cm³/mol. The van der Waals surface area contributed by atoms with Crippen molar-refractivity contribution in [2.24, 2.45) is 27.1 Å². The molecule has 1 heterocycles. The Morgan fingerprint density at radius 1 is 0.693 bits per heavy atom. The predicted octanol–water partition coefficient (Wildman–Crippen LogP) is 3.19. The third-order valence-electron chi connectivity index (χ3n) is 11.1. The molecule has 75 heavy (non-hydrogen) atoms. The maximum absolute atomic E-state index is 12.4. The van der Waals surface area contributed by atoms with Crippen LogP contribution in [0.15, 0.2) is 39.7 Å². The van der Waals surface area contributed by atoms with Gasteiger partial charge in [0, 0.05) is 63.8 Å². The Labute approximate surface area is 438 Å². The number of ether oxygens (including phenoxy) is 3. The van der Waals surface area contributed by atoms with E-state index in [0.717, 1.165) is 24.1 Å². The van der Waals surface area contributed by atoms with E-state index in [1.54, 1.807) is 12.1 Å². The van der Waals surface area contributed by atoms with Gasteiger partial charge in [-0.25, -0.2) is 13.2 Å². The van der Waals surface area contributed by atoms with Crippen molar-refractivity contribution in [1.82, 2.24) is 16.0 Å². The zero-order valence-corrected chi connectivity index (χ0v) is 44.3. The number of primary amides is 1. The molecule has 1 aliphatic rings. The molecule has 25 heteroatoms. The van der Waals surface area contributed by atoms with E-state index in [0.29, 0.717) is 77.0 Å². The van der Waals surface area contributed by atoms with Gasteiger partial charge in [0.1, 0.15) is 54.9 Å². The summed E-state index contributed by atoms with van der Waals surface area (Å²) >= 11 is 0. The molecule has 0 saturated carbocycles. The fourth-order valence-electron chi connectivity index (χ4n) is 6.91. The van der Waals surface area contributed by atoms with Crippen LogP contribution < -0.4 is 21.7 Å². The number of aryl methyl sites for hydroxylation is 1. The maximum Gasteiger partial charge on any atom is 0.326 e. The molecule has 0 unspecified atom stereocenters. The second kappa shape index (κ2) is 39.3. The molecule has 0 spiro atoms. The summed E-state index contributed by atoms with van der Waals surface area (Å²) in [4.78, 5) is 118. The van der Waals surface area contributed by atoms with E-state index in [4.69, 9.17) is 19.9 Å². The van der Waals surface area contributed by atoms with Crippen molar-refractivity contribution in [2.75, 3.05) is 64.2 Å². The Balaban J connectivity index is 0.000000812. The number of hydrogen-bond acceptors (Lipinski definition) is 18. The van der Waals surface area contributed by atoms with Gasteiger partial charge in [0.05, 0.1) is 30.6 Å². The topological polar surface area (TPSA) is 372 Å². The number of nitrogens with one attached hydrogen (secondary N) is 3. The van der Waals surface area contributed by atoms with Crippen molar-refractivity contribution < 1.29 is 80.8 Å². The van der Waals surface area contributed by atoms with Gasteiger partial charge in [-0.3, -0.25) is 43.2 Å². The van der Waals surface area contributed by atoms with Crippen LogP contribution in [0.2, 0.25) is 0 Å². The second-order valence-corrected chi connectivity index (χ2v) is 20.2. The molecule has 4 amide bonds. The number of carboxylic acids is 2. The minimum Gasteiger partial charge on any atom is -0.481 e. The maximum atomic E-state index is 12.4. The van der Waals surface area contributed by atoms with Gasteiger partial charge >= 0.3 is 11.9 Å². The SMILES string of the molecule is CC(=O)COCCCC(=O)CC[C@H](NC(=O)CC[C@H](CC(=O)CCCS(=O)(=O)CC(=O)CCCC1=NN=NC1)C(=O)O)C(=O)O.CCCCOCCOCC(=O)N[C@@H](CCCCNC(=O)c1ccc(C)cc1)C(N)=O. The Hall–Kier alpha value is -6.18. The third kappa shape index (κ3) is 34.8. The fourth-order valence-corrected chi connectivity index (χ4v) is 8.27. The second-order valence-electron chi connectivity index (χ2n) is 18.0. The summed E-state index contributed by atoms with van der Waals surface area (Å²) in [5, 5.41) is 37.5. The minimum absolute atomic E-state index is 0.0518. The van der Waals surface area contributed by atoms with Crippen LogP contribution >= 0.6 is 0 Å².